The minimum absolute atomic E-state index is 0.0931. The van der Waals surface area contributed by atoms with Crippen LogP contribution in [-0.4, -0.2) is 48.3 Å². The molecule has 45 heavy (non-hydrogen) atoms. The molecule has 1 aliphatic rings. The molecule has 1 amide bonds. The van der Waals surface area contributed by atoms with Gasteiger partial charge in [0.2, 0.25) is 0 Å². The van der Waals surface area contributed by atoms with Crippen LogP contribution in [0.3, 0.4) is 0 Å². The number of hydrogen-bond acceptors (Lipinski definition) is 6. The molecule has 10 nitrogen and oxygen atoms in total. The molecule has 0 spiro atoms. The SMILES string of the molecule is Cc1nn(-c2cccc(-c3cccnc3)c2)c2c(=O)n(C(=O)Nc3ccc(-c4ccccc4CN4CCCC4)cc3)c(=O)[nH]c12. The molecule has 3 aromatic carbocycles. The highest BCUT2D eigenvalue weighted by Crippen LogP contribution is 2.27. The highest BCUT2D eigenvalue weighted by Gasteiger charge is 2.21. The average molecular weight is 598 g/mol. The quantitative estimate of drug-likeness (QED) is 0.259. The summed E-state index contributed by atoms with van der Waals surface area (Å²) in [5.41, 5.74) is 5.46. The van der Waals surface area contributed by atoms with Crippen molar-refractivity contribution in [2.24, 2.45) is 0 Å². The predicted octanol–water partition coefficient (Wildman–Crippen LogP) is 5.59. The minimum atomic E-state index is -0.861. The van der Waals surface area contributed by atoms with Gasteiger partial charge in [-0.3, -0.25) is 14.7 Å². The van der Waals surface area contributed by atoms with Gasteiger partial charge in [-0.15, -0.1) is 0 Å². The molecule has 2 N–H and O–H groups in total. The van der Waals surface area contributed by atoms with Crippen LogP contribution < -0.4 is 16.6 Å². The number of aryl methyl sites for hydroxylation is 1. The molecule has 0 saturated carbocycles. The van der Waals surface area contributed by atoms with Crippen molar-refractivity contribution in [2.45, 2.75) is 26.3 Å². The van der Waals surface area contributed by atoms with Crippen LogP contribution in [0, 0.1) is 6.92 Å². The van der Waals surface area contributed by atoms with E-state index in [1.807, 2.05) is 54.6 Å². The number of nitrogens with zero attached hydrogens (tertiary/aromatic N) is 5. The fraction of sp³-hybridized carbons (Fsp3) is 0.171. The number of fused-ring (bicyclic) bond motifs is 1. The number of likely N-dealkylation sites (tertiary alicyclic amines) is 1. The molecular weight excluding hydrogens is 566 g/mol. The van der Waals surface area contributed by atoms with E-state index in [0.717, 1.165) is 41.9 Å². The number of carbonyl (C=O) groups excluding carboxylic acids is 1. The molecule has 10 heteroatoms. The molecule has 0 radical (unpaired) electrons. The van der Waals surface area contributed by atoms with Crippen molar-refractivity contribution in [3.05, 3.63) is 129 Å². The van der Waals surface area contributed by atoms with Crippen molar-refractivity contribution >= 4 is 22.8 Å². The molecule has 1 fully saturated rings. The Kier molecular flexibility index (Phi) is 7.40. The van der Waals surface area contributed by atoms with Gasteiger partial charge in [0.25, 0.3) is 5.56 Å². The summed E-state index contributed by atoms with van der Waals surface area (Å²) in [6.45, 7) is 4.82. The maximum atomic E-state index is 13.8. The van der Waals surface area contributed by atoms with Gasteiger partial charge in [-0.25, -0.2) is 14.3 Å². The van der Waals surface area contributed by atoms with Crippen LogP contribution in [0.15, 0.2) is 107 Å². The second-order valence-electron chi connectivity index (χ2n) is 11.2. The van der Waals surface area contributed by atoms with Gasteiger partial charge in [0, 0.05) is 30.2 Å². The lowest BCUT2D eigenvalue weighted by Gasteiger charge is -2.18. The standard InChI is InChI=1S/C35H31N7O3/c1-23-31-32(42(39-23)29-11-6-9-25(20-29)26-10-7-17-36-21-26)33(43)41(35(45)38-31)34(44)37-28-15-13-24(14-16-28)30-12-3-2-8-27(30)22-40-18-4-5-19-40/h2-3,6-17,20-21H,4-5,18-19,22H2,1H3,(H,37,44)(H,38,45). The number of rotatable bonds is 6. The van der Waals surface area contributed by atoms with Crippen LogP contribution in [0.4, 0.5) is 10.5 Å². The van der Waals surface area contributed by atoms with E-state index in [2.05, 4.69) is 43.5 Å². The zero-order valence-electron chi connectivity index (χ0n) is 24.7. The fourth-order valence-corrected chi connectivity index (χ4v) is 5.99. The molecule has 0 bridgehead atoms. The number of nitrogens with one attached hydrogen (secondary N) is 2. The number of H-pyrrole nitrogens is 1. The van der Waals surface area contributed by atoms with Gasteiger partial charge in [-0.2, -0.15) is 9.67 Å². The lowest BCUT2D eigenvalue weighted by atomic mass is 9.99. The number of benzene rings is 3. The first-order valence-corrected chi connectivity index (χ1v) is 14.9. The summed E-state index contributed by atoms with van der Waals surface area (Å²) >= 11 is 0. The first-order chi connectivity index (χ1) is 22.0. The Bertz CT molecular complexity index is 2140. The molecule has 0 atom stereocenters. The van der Waals surface area contributed by atoms with Gasteiger partial charge >= 0.3 is 11.7 Å². The van der Waals surface area contributed by atoms with Crippen LogP contribution in [-0.2, 0) is 6.54 Å². The Morgan fingerprint density at radius 3 is 2.44 bits per heavy atom. The summed E-state index contributed by atoms with van der Waals surface area (Å²) in [7, 11) is 0. The second-order valence-corrected chi connectivity index (χ2v) is 11.2. The Morgan fingerprint density at radius 2 is 1.67 bits per heavy atom. The van der Waals surface area contributed by atoms with Crippen LogP contribution in [0.1, 0.15) is 24.1 Å². The van der Waals surface area contributed by atoms with Gasteiger partial charge in [-0.1, -0.05) is 54.6 Å². The lowest BCUT2D eigenvalue weighted by molar-refractivity contribution is 0.252. The summed E-state index contributed by atoms with van der Waals surface area (Å²) in [5, 5.41) is 7.25. The van der Waals surface area contributed by atoms with E-state index in [4.69, 9.17) is 0 Å². The zero-order valence-corrected chi connectivity index (χ0v) is 24.7. The monoisotopic (exact) mass is 597 g/mol. The van der Waals surface area contributed by atoms with Crippen molar-refractivity contribution in [2.75, 3.05) is 18.4 Å². The molecule has 6 aromatic rings. The highest BCUT2D eigenvalue weighted by molar-refractivity contribution is 5.92. The third kappa shape index (κ3) is 5.47. The maximum absolute atomic E-state index is 13.8. The van der Waals surface area contributed by atoms with Crippen molar-refractivity contribution in [3.63, 3.8) is 0 Å². The van der Waals surface area contributed by atoms with Crippen molar-refractivity contribution < 1.29 is 4.79 Å². The predicted molar refractivity (Wildman–Crippen MR) is 175 cm³/mol. The topological polar surface area (TPSA) is 118 Å². The molecule has 0 unspecified atom stereocenters. The Labute approximate surface area is 258 Å². The molecule has 0 aliphatic carbocycles. The Balaban J connectivity index is 1.19. The normalized spacial score (nSPS) is 13.4. The summed E-state index contributed by atoms with van der Waals surface area (Å²) < 4.78 is 2.03. The largest absolute Gasteiger partial charge is 0.337 e. The minimum Gasteiger partial charge on any atom is -0.307 e. The Morgan fingerprint density at radius 1 is 0.889 bits per heavy atom. The van der Waals surface area contributed by atoms with E-state index in [1.54, 1.807) is 31.5 Å². The fourth-order valence-electron chi connectivity index (χ4n) is 5.99. The van der Waals surface area contributed by atoms with E-state index in [0.29, 0.717) is 21.6 Å². The van der Waals surface area contributed by atoms with Crippen molar-refractivity contribution in [3.8, 4) is 27.9 Å². The number of anilines is 1. The second kappa shape index (κ2) is 11.8. The molecule has 4 heterocycles. The molecule has 224 valence electrons. The average Bonchev–Trinajstić information content (AvgIpc) is 3.70. The summed E-state index contributed by atoms with van der Waals surface area (Å²) in [4.78, 5) is 49.5. The van der Waals surface area contributed by atoms with Crippen LogP contribution in [0.25, 0.3) is 39.0 Å². The number of pyridine rings is 1. The third-order valence-corrected chi connectivity index (χ3v) is 8.25. The van der Waals surface area contributed by atoms with Crippen molar-refractivity contribution in [1.82, 2.24) is 29.2 Å². The third-order valence-electron chi connectivity index (χ3n) is 8.25. The highest BCUT2D eigenvalue weighted by atomic mass is 16.2. The number of carbonyl (C=O) groups is 1. The maximum Gasteiger partial charge on any atom is 0.337 e. The van der Waals surface area contributed by atoms with Crippen LogP contribution >= 0.6 is 0 Å². The molecule has 7 rings (SSSR count). The number of aromatic nitrogens is 5. The summed E-state index contributed by atoms with van der Waals surface area (Å²) in [6, 6.07) is 26.1. The first-order valence-electron chi connectivity index (χ1n) is 14.9. The zero-order chi connectivity index (χ0) is 30.9. The molecule has 1 saturated heterocycles. The van der Waals surface area contributed by atoms with Gasteiger partial charge in [-0.05, 0) is 85.4 Å². The molecular formula is C35H31N7O3. The molecule has 1 aliphatic heterocycles. The Hall–Kier alpha value is -5.61. The van der Waals surface area contributed by atoms with Crippen LogP contribution in [0.2, 0.25) is 0 Å². The number of hydrogen-bond donors (Lipinski definition) is 2. The summed E-state index contributed by atoms with van der Waals surface area (Å²) in [6.07, 6.45) is 5.92. The first kappa shape index (κ1) is 28.2. The van der Waals surface area contributed by atoms with E-state index >= 15 is 0 Å². The lowest BCUT2D eigenvalue weighted by Crippen LogP contribution is -2.42. The van der Waals surface area contributed by atoms with E-state index < -0.39 is 17.3 Å². The number of amides is 1. The number of aromatic amines is 1. The van der Waals surface area contributed by atoms with Gasteiger partial charge < -0.3 is 10.3 Å². The van der Waals surface area contributed by atoms with E-state index in [1.165, 1.54) is 23.1 Å². The van der Waals surface area contributed by atoms with E-state index in [9.17, 15) is 14.4 Å². The van der Waals surface area contributed by atoms with Crippen molar-refractivity contribution in [1.29, 1.82) is 0 Å². The smallest absolute Gasteiger partial charge is 0.307 e. The van der Waals surface area contributed by atoms with Gasteiger partial charge in [0.15, 0.2) is 5.52 Å². The summed E-state index contributed by atoms with van der Waals surface area (Å²) in [5.74, 6) is 0. The molecule has 3 aromatic heterocycles. The van der Waals surface area contributed by atoms with Crippen LogP contribution in [0.5, 0.6) is 0 Å². The van der Waals surface area contributed by atoms with Gasteiger partial charge in [0.05, 0.1) is 16.9 Å². The van der Waals surface area contributed by atoms with E-state index in [-0.39, 0.29) is 11.0 Å². The van der Waals surface area contributed by atoms with Gasteiger partial charge in [0.1, 0.15) is 0 Å².